The van der Waals surface area contributed by atoms with Gasteiger partial charge in [-0.05, 0) is 60.9 Å². The summed E-state index contributed by atoms with van der Waals surface area (Å²) in [5.41, 5.74) is 7.91. The number of hydrogen-bond donors (Lipinski definition) is 2. The predicted molar refractivity (Wildman–Crippen MR) is 104 cm³/mol. The third-order valence-corrected chi connectivity index (χ3v) is 4.54. The molecule has 0 saturated heterocycles. The van der Waals surface area contributed by atoms with Gasteiger partial charge in [0.25, 0.3) is 0 Å². The van der Waals surface area contributed by atoms with Crippen LogP contribution in [0.5, 0.6) is 5.75 Å². The number of nitrogens with zero attached hydrogens (tertiary/aromatic N) is 1. The molecule has 3 rings (SSSR count). The Morgan fingerprint density at radius 3 is 2.70 bits per heavy atom. The highest BCUT2D eigenvalue weighted by atomic mass is 16.5. The van der Waals surface area contributed by atoms with Crippen molar-refractivity contribution in [3.05, 3.63) is 70.9 Å². The smallest absolute Gasteiger partial charge is 0.335 e. The summed E-state index contributed by atoms with van der Waals surface area (Å²) in [4.78, 5) is 11.2. The van der Waals surface area contributed by atoms with Gasteiger partial charge in [-0.15, -0.1) is 0 Å². The SMILES string of the molecule is COCCOc1ccc(C2NN(c3cccc(C(=O)O)c3)C=C2C)c(C)c1. The zero-order valence-corrected chi connectivity index (χ0v) is 15.7. The first-order chi connectivity index (χ1) is 13.0. The number of hydrogen-bond acceptors (Lipinski definition) is 5. The van der Waals surface area contributed by atoms with Crippen molar-refractivity contribution in [1.29, 1.82) is 0 Å². The lowest BCUT2D eigenvalue weighted by Gasteiger charge is -2.22. The quantitative estimate of drug-likeness (QED) is 0.727. The second-order valence-electron chi connectivity index (χ2n) is 6.52. The number of carboxylic acid groups (broad SMARTS) is 1. The molecule has 0 aliphatic carbocycles. The number of carboxylic acids is 1. The summed E-state index contributed by atoms with van der Waals surface area (Å²) in [5, 5.41) is 11.1. The van der Waals surface area contributed by atoms with Crippen LogP contribution in [0.25, 0.3) is 0 Å². The summed E-state index contributed by atoms with van der Waals surface area (Å²) < 4.78 is 10.7. The summed E-state index contributed by atoms with van der Waals surface area (Å²) in [6, 6.07) is 12.9. The molecule has 0 fully saturated rings. The van der Waals surface area contributed by atoms with Crippen molar-refractivity contribution in [3.8, 4) is 5.75 Å². The minimum atomic E-state index is -0.937. The number of benzene rings is 2. The molecule has 0 saturated carbocycles. The Balaban J connectivity index is 1.77. The number of nitrogens with one attached hydrogen (secondary N) is 1. The van der Waals surface area contributed by atoms with Gasteiger partial charge in [0.2, 0.25) is 0 Å². The number of carbonyl (C=O) groups is 1. The molecule has 0 radical (unpaired) electrons. The van der Waals surface area contributed by atoms with Crippen molar-refractivity contribution < 1.29 is 19.4 Å². The number of methoxy groups -OCH3 is 1. The van der Waals surface area contributed by atoms with Crippen molar-refractivity contribution in [2.24, 2.45) is 0 Å². The van der Waals surface area contributed by atoms with E-state index in [1.807, 2.05) is 29.4 Å². The van der Waals surface area contributed by atoms with Crippen LogP contribution in [-0.4, -0.2) is 31.4 Å². The molecule has 0 spiro atoms. The monoisotopic (exact) mass is 368 g/mol. The van der Waals surface area contributed by atoms with Crippen LogP contribution in [0.2, 0.25) is 0 Å². The molecule has 142 valence electrons. The Labute approximate surface area is 159 Å². The fourth-order valence-electron chi connectivity index (χ4n) is 3.11. The number of hydrazine groups is 1. The Hall–Kier alpha value is -2.83. The first kappa shape index (κ1) is 18.9. The molecule has 1 atom stereocenters. The minimum absolute atomic E-state index is 0.0199. The third-order valence-electron chi connectivity index (χ3n) is 4.54. The second-order valence-corrected chi connectivity index (χ2v) is 6.52. The third kappa shape index (κ3) is 4.30. The van der Waals surface area contributed by atoms with E-state index in [0.717, 1.165) is 28.1 Å². The molecule has 0 bridgehead atoms. The molecule has 2 N–H and O–H groups in total. The first-order valence-corrected chi connectivity index (χ1v) is 8.79. The van der Waals surface area contributed by atoms with E-state index in [2.05, 4.69) is 25.3 Å². The summed E-state index contributed by atoms with van der Waals surface area (Å²) in [5.74, 6) is -0.118. The van der Waals surface area contributed by atoms with Gasteiger partial charge in [0.15, 0.2) is 0 Å². The van der Waals surface area contributed by atoms with E-state index in [9.17, 15) is 9.90 Å². The summed E-state index contributed by atoms with van der Waals surface area (Å²) in [6.07, 6.45) is 1.99. The molecule has 6 nitrogen and oxygen atoms in total. The number of aromatic carboxylic acids is 1. The van der Waals surface area contributed by atoms with Crippen molar-refractivity contribution >= 4 is 11.7 Å². The fraction of sp³-hybridized carbons (Fsp3) is 0.286. The molecule has 6 heteroatoms. The van der Waals surface area contributed by atoms with Crippen LogP contribution in [-0.2, 0) is 4.74 Å². The van der Waals surface area contributed by atoms with E-state index in [1.54, 1.807) is 25.3 Å². The van der Waals surface area contributed by atoms with Crippen LogP contribution < -0.4 is 15.2 Å². The van der Waals surface area contributed by atoms with Gasteiger partial charge in [0.1, 0.15) is 12.4 Å². The number of ether oxygens (including phenoxy) is 2. The highest BCUT2D eigenvalue weighted by Crippen LogP contribution is 2.33. The Kier molecular flexibility index (Phi) is 5.78. The molecule has 1 unspecified atom stereocenters. The largest absolute Gasteiger partial charge is 0.491 e. The molecule has 1 heterocycles. The highest BCUT2D eigenvalue weighted by Gasteiger charge is 2.25. The average Bonchev–Trinajstić information content (AvgIpc) is 3.04. The van der Waals surface area contributed by atoms with Gasteiger partial charge >= 0.3 is 5.97 Å². The van der Waals surface area contributed by atoms with Crippen molar-refractivity contribution in [1.82, 2.24) is 5.43 Å². The average molecular weight is 368 g/mol. The lowest BCUT2D eigenvalue weighted by atomic mass is 9.97. The maximum atomic E-state index is 11.2. The Morgan fingerprint density at radius 2 is 2.00 bits per heavy atom. The predicted octanol–water partition coefficient (Wildman–Crippen LogP) is 3.69. The van der Waals surface area contributed by atoms with Crippen LogP contribution in [0.3, 0.4) is 0 Å². The molecule has 0 aromatic heterocycles. The van der Waals surface area contributed by atoms with Crippen molar-refractivity contribution in [2.75, 3.05) is 25.3 Å². The zero-order valence-electron chi connectivity index (χ0n) is 15.7. The maximum Gasteiger partial charge on any atom is 0.335 e. The molecule has 1 aliphatic rings. The van der Waals surface area contributed by atoms with E-state index in [1.165, 1.54) is 0 Å². The van der Waals surface area contributed by atoms with Gasteiger partial charge in [-0.2, -0.15) is 0 Å². The van der Waals surface area contributed by atoms with Crippen LogP contribution in [0.4, 0.5) is 5.69 Å². The Morgan fingerprint density at radius 1 is 1.19 bits per heavy atom. The minimum Gasteiger partial charge on any atom is -0.491 e. The lowest BCUT2D eigenvalue weighted by Crippen LogP contribution is -2.31. The van der Waals surface area contributed by atoms with Gasteiger partial charge in [0, 0.05) is 13.3 Å². The fourth-order valence-corrected chi connectivity index (χ4v) is 3.11. The van der Waals surface area contributed by atoms with E-state index >= 15 is 0 Å². The van der Waals surface area contributed by atoms with E-state index in [4.69, 9.17) is 9.47 Å². The zero-order chi connectivity index (χ0) is 19.4. The standard InChI is InChI=1S/C21H24N2O4/c1-14-11-18(27-10-9-26-3)7-8-19(14)20-15(2)13-23(22-20)17-6-4-5-16(12-17)21(24)25/h4-8,11-13,20,22H,9-10H2,1-3H3,(H,24,25). The Bertz CT molecular complexity index is 863. The number of rotatable bonds is 7. The summed E-state index contributed by atoms with van der Waals surface area (Å²) in [6.45, 7) is 5.18. The second kappa shape index (κ2) is 8.24. The van der Waals surface area contributed by atoms with Gasteiger partial charge < -0.3 is 14.6 Å². The van der Waals surface area contributed by atoms with Crippen molar-refractivity contribution in [3.63, 3.8) is 0 Å². The van der Waals surface area contributed by atoms with Crippen molar-refractivity contribution in [2.45, 2.75) is 19.9 Å². The molecule has 2 aromatic carbocycles. The molecular formula is C21H24N2O4. The van der Waals surface area contributed by atoms with Crippen LogP contribution in [0.15, 0.2) is 54.2 Å². The molecular weight excluding hydrogens is 344 g/mol. The first-order valence-electron chi connectivity index (χ1n) is 8.79. The molecule has 2 aromatic rings. The van der Waals surface area contributed by atoms with Gasteiger partial charge in [0.05, 0.1) is 23.9 Å². The van der Waals surface area contributed by atoms with Gasteiger partial charge in [-0.25, -0.2) is 10.2 Å². The van der Waals surface area contributed by atoms with E-state index in [-0.39, 0.29) is 11.6 Å². The van der Waals surface area contributed by atoms with E-state index in [0.29, 0.717) is 13.2 Å². The van der Waals surface area contributed by atoms with E-state index < -0.39 is 5.97 Å². The normalized spacial score (nSPS) is 16.3. The molecule has 1 aliphatic heterocycles. The topological polar surface area (TPSA) is 71.0 Å². The maximum absolute atomic E-state index is 11.2. The number of anilines is 1. The van der Waals surface area contributed by atoms with Crippen LogP contribution in [0.1, 0.15) is 34.5 Å². The highest BCUT2D eigenvalue weighted by molar-refractivity contribution is 5.88. The lowest BCUT2D eigenvalue weighted by molar-refractivity contribution is 0.0697. The van der Waals surface area contributed by atoms with Crippen LogP contribution in [0, 0.1) is 6.92 Å². The molecule has 0 amide bonds. The summed E-state index contributed by atoms with van der Waals surface area (Å²) in [7, 11) is 1.65. The summed E-state index contributed by atoms with van der Waals surface area (Å²) >= 11 is 0. The number of aryl methyl sites for hydroxylation is 1. The van der Waals surface area contributed by atoms with Gasteiger partial charge in [-0.3, -0.25) is 5.01 Å². The molecule has 27 heavy (non-hydrogen) atoms. The van der Waals surface area contributed by atoms with Gasteiger partial charge in [-0.1, -0.05) is 12.1 Å². The van der Waals surface area contributed by atoms with Crippen LogP contribution >= 0.6 is 0 Å².